The topological polar surface area (TPSA) is 58.6 Å². The zero-order valence-electron chi connectivity index (χ0n) is 14.9. The summed E-state index contributed by atoms with van der Waals surface area (Å²) in [5.74, 6) is 0.522. The van der Waals surface area contributed by atoms with Gasteiger partial charge in [-0.1, -0.05) is 0 Å². The molecule has 0 saturated heterocycles. The van der Waals surface area contributed by atoms with Crippen LogP contribution < -0.4 is 10.1 Å². The van der Waals surface area contributed by atoms with Crippen molar-refractivity contribution < 1.29 is 14.3 Å². The predicted molar refractivity (Wildman–Crippen MR) is 99.3 cm³/mol. The highest BCUT2D eigenvalue weighted by atomic mass is 16.5. The Kier molecular flexibility index (Phi) is 6.57. The smallest absolute Gasteiger partial charge is 0.255 e. The molecule has 2 amide bonds. The molecule has 5 nitrogen and oxygen atoms in total. The zero-order chi connectivity index (χ0) is 18.2. The summed E-state index contributed by atoms with van der Waals surface area (Å²) in [5.41, 5.74) is 1.78. The van der Waals surface area contributed by atoms with Gasteiger partial charge in [0.25, 0.3) is 11.8 Å². The fourth-order valence-corrected chi connectivity index (χ4v) is 2.46. The van der Waals surface area contributed by atoms with Gasteiger partial charge in [0.1, 0.15) is 5.75 Å². The molecule has 0 heterocycles. The van der Waals surface area contributed by atoms with Crippen LogP contribution >= 0.6 is 0 Å². The molecule has 25 heavy (non-hydrogen) atoms. The van der Waals surface area contributed by atoms with Crippen LogP contribution in [0.4, 0.5) is 5.69 Å². The minimum absolute atomic E-state index is 0.0246. The third kappa shape index (κ3) is 4.83. The van der Waals surface area contributed by atoms with Gasteiger partial charge in [-0.25, -0.2) is 0 Å². The van der Waals surface area contributed by atoms with Crippen molar-refractivity contribution in [3.8, 4) is 5.75 Å². The van der Waals surface area contributed by atoms with E-state index in [1.165, 1.54) is 0 Å². The molecule has 0 fully saturated rings. The molecule has 0 unspecified atom stereocenters. The van der Waals surface area contributed by atoms with Crippen molar-refractivity contribution in [2.75, 3.05) is 25.0 Å². The van der Waals surface area contributed by atoms with E-state index in [9.17, 15) is 9.59 Å². The summed E-state index contributed by atoms with van der Waals surface area (Å²) < 4.78 is 5.38. The third-order valence-corrected chi connectivity index (χ3v) is 3.87. The first kappa shape index (κ1) is 18.5. The number of nitrogens with zero attached hydrogens (tertiary/aromatic N) is 1. The minimum atomic E-state index is -0.217. The number of benzene rings is 2. The fourth-order valence-electron chi connectivity index (χ4n) is 2.46. The maximum Gasteiger partial charge on any atom is 0.255 e. The molecule has 0 spiro atoms. The number of nitrogens with one attached hydrogen (secondary N) is 1. The van der Waals surface area contributed by atoms with Crippen LogP contribution in [-0.2, 0) is 0 Å². The van der Waals surface area contributed by atoms with E-state index >= 15 is 0 Å². The lowest BCUT2D eigenvalue weighted by atomic mass is 10.1. The average molecular weight is 340 g/mol. The Balaban J connectivity index is 2.03. The first-order chi connectivity index (χ1) is 12.1. The van der Waals surface area contributed by atoms with Crippen LogP contribution in [0, 0.1) is 0 Å². The van der Waals surface area contributed by atoms with Crippen LogP contribution in [-0.4, -0.2) is 36.4 Å². The van der Waals surface area contributed by atoms with Gasteiger partial charge < -0.3 is 15.0 Å². The van der Waals surface area contributed by atoms with Gasteiger partial charge >= 0.3 is 0 Å². The zero-order valence-corrected chi connectivity index (χ0v) is 14.9. The average Bonchev–Trinajstić information content (AvgIpc) is 2.64. The highest BCUT2D eigenvalue weighted by Crippen LogP contribution is 2.17. The highest BCUT2D eigenvalue weighted by molar-refractivity contribution is 6.05. The van der Waals surface area contributed by atoms with Gasteiger partial charge in [0.15, 0.2) is 0 Å². The maximum absolute atomic E-state index is 12.3. The Hall–Kier alpha value is -2.82. The van der Waals surface area contributed by atoms with Gasteiger partial charge in [-0.15, -0.1) is 0 Å². The fraction of sp³-hybridized carbons (Fsp3) is 0.300. The molecule has 132 valence electrons. The summed E-state index contributed by atoms with van der Waals surface area (Å²) in [4.78, 5) is 26.3. The molecule has 0 bridgehead atoms. The summed E-state index contributed by atoms with van der Waals surface area (Å²) in [6.45, 7) is 7.74. The largest absolute Gasteiger partial charge is 0.494 e. The first-order valence-electron chi connectivity index (χ1n) is 8.52. The molecular weight excluding hydrogens is 316 g/mol. The molecule has 2 rings (SSSR count). The van der Waals surface area contributed by atoms with E-state index in [4.69, 9.17) is 4.74 Å². The number of hydrogen-bond donors (Lipinski definition) is 1. The van der Waals surface area contributed by atoms with Crippen LogP contribution in [0.15, 0.2) is 48.5 Å². The van der Waals surface area contributed by atoms with Gasteiger partial charge in [0.05, 0.1) is 6.61 Å². The molecule has 0 aliphatic rings. The standard InChI is InChI=1S/C20H24N2O3/c1-4-22(5-2)20(24)16-9-7-15(8-10-16)19(23)21-17-11-13-18(14-12-17)25-6-3/h7-14H,4-6H2,1-3H3,(H,21,23). The number of hydrogen-bond acceptors (Lipinski definition) is 3. The van der Waals surface area contributed by atoms with Gasteiger partial charge in [-0.3, -0.25) is 9.59 Å². The predicted octanol–water partition coefficient (Wildman–Crippen LogP) is 3.82. The lowest BCUT2D eigenvalue weighted by Crippen LogP contribution is -2.30. The number of amides is 2. The third-order valence-electron chi connectivity index (χ3n) is 3.87. The Morgan fingerprint density at radius 1 is 0.880 bits per heavy atom. The minimum Gasteiger partial charge on any atom is -0.494 e. The van der Waals surface area contributed by atoms with Crippen molar-refractivity contribution in [3.63, 3.8) is 0 Å². The second-order valence-corrected chi connectivity index (χ2v) is 5.47. The molecule has 2 aromatic carbocycles. The number of ether oxygens (including phenoxy) is 1. The van der Waals surface area contributed by atoms with Crippen LogP contribution in [0.1, 0.15) is 41.5 Å². The molecule has 0 aliphatic carbocycles. The molecule has 0 aromatic heterocycles. The Labute approximate surface area is 148 Å². The van der Waals surface area contributed by atoms with Crippen LogP contribution in [0.3, 0.4) is 0 Å². The van der Waals surface area contributed by atoms with Crippen LogP contribution in [0.25, 0.3) is 0 Å². The lowest BCUT2D eigenvalue weighted by Gasteiger charge is -2.18. The normalized spacial score (nSPS) is 10.2. The van der Waals surface area contributed by atoms with Gasteiger partial charge in [-0.05, 0) is 69.3 Å². The van der Waals surface area contributed by atoms with E-state index in [1.807, 2.05) is 32.9 Å². The number of carbonyl (C=O) groups excluding carboxylic acids is 2. The van der Waals surface area contributed by atoms with Crippen molar-refractivity contribution in [1.29, 1.82) is 0 Å². The van der Waals surface area contributed by atoms with Gasteiger partial charge in [-0.2, -0.15) is 0 Å². The summed E-state index contributed by atoms with van der Waals surface area (Å²) in [7, 11) is 0. The van der Waals surface area contributed by atoms with Crippen LogP contribution in [0.2, 0.25) is 0 Å². The summed E-state index contributed by atoms with van der Waals surface area (Å²) in [6, 6.07) is 13.9. The summed E-state index contributed by atoms with van der Waals surface area (Å²) >= 11 is 0. The summed E-state index contributed by atoms with van der Waals surface area (Å²) in [6.07, 6.45) is 0. The van der Waals surface area contributed by atoms with Gasteiger partial charge in [0.2, 0.25) is 0 Å². The van der Waals surface area contributed by atoms with Crippen molar-refractivity contribution in [1.82, 2.24) is 4.90 Å². The highest BCUT2D eigenvalue weighted by Gasteiger charge is 2.13. The van der Waals surface area contributed by atoms with Crippen LogP contribution in [0.5, 0.6) is 5.75 Å². The number of carbonyl (C=O) groups is 2. The monoisotopic (exact) mass is 340 g/mol. The van der Waals surface area contributed by atoms with Gasteiger partial charge in [0, 0.05) is 29.9 Å². The van der Waals surface area contributed by atoms with Crippen molar-refractivity contribution in [3.05, 3.63) is 59.7 Å². The molecule has 2 aromatic rings. The second kappa shape index (κ2) is 8.87. The molecule has 5 heteroatoms. The molecular formula is C20H24N2O3. The van der Waals surface area contributed by atoms with E-state index in [0.29, 0.717) is 36.5 Å². The molecule has 1 N–H and O–H groups in total. The van der Waals surface area contributed by atoms with Crippen molar-refractivity contribution in [2.45, 2.75) is 20.8 Å². The number of anilines is 1. The Morgan fingerprint density at radius 3 is 1.96 bits per heavy atom. The van der Waals surface area contributed by atoms with Crippen molar-refractivity contribution >= 4 is 17.5 Å². The Morgan fingerprint density at radius 2 is 1.44 bits per heavy atom. The van der Waals surface area contributed by atoms with E-state index in [0.717, 1.165) is 5.75 Å². The second-order valence-electron chi connectivity index (χ2n) is 5.47. The molecule has 0 saturated carbocycles. The lowest BCUT2D eigenvalue weighted by molar-refractivity contribution is 0.0772. The SMILES string of the molecule is CCOc1ccc(NC(=O)c2ccc(C(=O)N(CC)CC)cc2)cc1. The van der Waals surface area contributed by atoms with Crippen molar-refractivity contribution in [2.24, 2.45) is 0 Å². The summed E-state index contributed by atoms with van der Waals surface area (Å²) in [5, 5.41) is 2.83. The van der Waals surface area contributed by atoms with E-state index in [1.54, 1.807) is 41.3 Å². The van der Waals surface area contributed by atoms with E-state index < -0.39 is 0 Å². The first-order valence-corrected chi connectivity index (χ1v) is 8.52. The number of rotatable bonds is 7. The quantitative estimate of drug-likeness (QED) is 0.833. The van der Waals surface area contributed by atoms with E-state index in [-0.39, 0.29) is 11.8 Å². The maximum atomic E-state index is 12.3. The molecule has 0 atom stereocenters. The Bertz CT molecular complexity index is 705. The molecule has 0 aliphatic heterocycles. The van der Waals surface area contributed by atoms with E-state index in [2.05, 4.69) is 5.32 Å². The molecule has 0 radical (unpaired) electrons.